The van der Waals surface area contributed by atoms with Crippen LogP contribution in [0.15, 0.2) is 0 Å². The number of nitrogens with zero attached hydrogens (tertiary/aromatic N) is 2. The Morgan fingerprint density at radius 2 is 1.45 bits per heavy atom. The van der Waals surface area contributed by atoms with Crippen LogP contribution in [0.5, 0.6) is 0 Å². The van der Waals surface area contributed by atoms with Crippen LogP contribution in [-0.4, -0.2) is 52.6 Å². The maximum Gasteiger partial charge on any atom is 0.345 e. The quantitative estimate of drug-likeness (QED) is 0.251. The van der Waals surface area contributed by atoms with Gasteiger partial charge in [-0.15, -0.1) is 4.65 Å². The molecule has 2 amide bonds. The summed E-state index contributed by atoms with van der Waals surface area (Å²) in [5.41, 5.74) is 0. The SMILES string of the molecule is CCCCCCCCCC[N+](C)(O)C(=O)CCC(=O)N(C)O. The van der Waals surface area contributed by atoms with Crippen LogP contribution in [0, 0.1) is 0 Å². The van der Waals surface area contributed by atoms with Gasteiger partial charge in [-0.25, -0.2) is 15.1 Å². The van der Waals surface area contributed by atoms with Crippen molar-refractivity contribution in [2.75, 3.05) is 20.6 Å². The zero-order valence-corrected chi connectivity index (χ0v) is 14.4. The van der Waals surface area contributed by atoms with Gasteiger partial charge in [0, 0.05) is 13.5 Å². The molecular formula is C16H33N2O4+. The molecule has 0 saturated carbocycles. The fraction of sp³-hybridized carbons (Fsp3) is 0.875. The lowest BCUT2D eigenvalue weighted by Gasteiger charge is -2.22. The van der Waals surface area contributed by atoms with E-state index in [-0.39, 0.29) is 12.8 Å². The van der Waals surface area contributed by atoms with Crippen LogP contribution >= 0.6 is 0 Å². The Bertz CT molecular complexity index is 330. The number of hydroxylamine groups is 5. The predicted molar refractivity (Wildman–Crippen MR) is 84.2 cm³/mol. The van der Waals surface area contributed by atoms with E-state index in [1.54, 1.807) is 0 Å². The first-order valence-corrected chi connectivity index (χ1v) is 8.38. The summed E-state index contributed by atoms with van der Waals surface area (Å²) >= 11 is 0. The highest BCUT2D eigenvalue weighted by Gasteiger charge is 2.29. The van der Waals surface area contributed by atoms with E-state index in [4.69, 9.17) is 5.21 Å². The van der Waals surface area contributed by atoms with Gasteiger partial charge in [0.05, 0.1) is 6.42 Å². The minimum absolute atomic E-state index is 0.0618. The van der Waals surface area contributed by atoms with E-state index in [0.29, 0.717) is 11.6 Å². The van der Waals surface area contributed by atoms with Crippen LogP contribution in [0.25, 0.3) is 0 Å². The number of hydrogen-bond acceptors (Lipinski definition) is 4. The van der Waals surface area contributed by atoms with Crippen molar-refractivity contribution in [3.63, 3.8) is 0 Å². The Balaban J connectivity index is 3.79. The zero-order valence-electron chi connectivity index (χ0n) is 14.4. The van der Waals surface area contributed by atoms with Crippen LogP contribution < -0.4 is 0 Å². The van der Waals surface area contributed by atoms with Crippen molar-refractivity contribution >= 4 is 11.8 Å². The fourth-order valence-corrected chi connectivity index (χ4v) is 2.29. The van der Waals surface area contributed by atoms with Crippen molar-refractivity contribution in [1.29, 1.82) is 0 Å². The van der Waals surface area contributed by atoms with E-state index in [1.165, 1.54) is 46.2 Å². The lowest BCUT2D eigenvalue weighted by atomic mass is 10.1. The van der Waals surface area contributed by atoms with Gasteiger partial charge in [-0.2, -0.15) is 0 Å². The third-order valence-electron chi connectivity index (χ3n) is 3.90. The molecule has 1 unspecified atom stereocenters. The van der Waals surface area contributed by atoms with Crippen LogP contribution in [0.4, 0.5) is 0 Å². The largest absolute Gasteiger partial charge is 0.345 e. The summed E-state index contributed by atoms with van der Waals surface area (Å²) in [6.45, 7) is 2.57. The number of rotatable bonds is 12. The van der Waals surface area contributed by atoms with Crippen molar-refractivity contribution in [3.05, 3.63) is 0 Å². The second-order valence-corrected chi connectivity index (χ2v) is 6.15. The van der Waals surface area contributed by atoms with Gasteiger partial charge in [-0.1, -0.05) is 45.4 Å². The summed E-state index contributed by atoms with van der Waals surface area (Å²) in [7, 11) is 2.68. The maximum atomic E-state index is 11.9. The summed E-state index contributed by atoms with van der Waals surface area (Å²) in [5, 5.41) is 19.5. The monoisotopic (exact) mass is 317 g/mol. The lowest BCUT2D eigenvalue weighted by Crippen LogP contribution is -2.47. The summed E-state index contributed by atoms with van der Waals surface area (Å²) in [4.78, 5) is 23.1. The van der Waals surface area contributed by atoms with Crippen LogP contribution in [0.3, 0.4) is 0 Å². The molecule has 0 saturated heterocycles. The molecule has 2 N–H and O–H groups in total. The predicted octanol–water partition coefficient (Wildman–Crippen LogP) is 3.12. The average Bonchev–Trinajstić information content (AvgIpc) is 2.46. The standard InChI is InChI=1S/C16H33N2O4/c1-4-5-6-7-8-9-10-11-14-18(3,22)16(20)13-12-15(19)17(2)21/h21-22H,4-14H2,1-3H3/q+1. The van der Waals surface area contributed by atoms with E-state index in [9.17, 15) is 14.8 Å². The second kappa shape index (κ2) is 11.6. The molecule has 22 heavy (non-hydrogen) atoms. The first-order chi connectivity index (χ1) is 10.3. The topological polar surface area (TPSA) is 77.8 Å². The molecule has 130 valence electrons. The summed E-state index contributed by atoms with van der Waals surface area (Å²) in [5.74, 6) is -0.918. The molecule has 0 fully saturated rings. The third kappa shape index (κ3) is 9.87. The molecule has 0 aromatic heterocycles. The van der Waals surface area contributed by atoms with Crippen LogP contribution in [0.1, 0.15) is 71.1 Å². The van der Waals surface area contributed by atoms with Gasteiger partial charge in [0.2, 0.25) is 5.91 Å². The molecular weight excluding hydrogens is 284 g/mol. The Kier molecular flexibility index (Phi) is 11.1. The maximum absolute atomic E-state index is 11.9. The Labute approximate surface area is 134 Å². The van der Waals surface area contributed by atoms with Gasteiger partial charge < -0.3 is 0 Å². The van der Waals surface area contributed by atoms with E-state index >= 15 is 0 Å². The molecule has 6 nitrogen and oxygen atoms in total. The highest BCUT2D eigenvalue weighted by molar-refractivity contribution is 5.79. The van der Waals surface area contributed by atoms with Gasteiger partial charge >= 0.3 is 5.91 Å². The van der Waals surface area contributed by atoms with Crippen molar-refractivity contribution in [1.82, 2.24) is 5.06 Å². The smallest absolute Gasteiger partial charge is 0.286 e. The Hall–Kier alpha value is -0.980. The molecule has 6 heteroatoms. The molecule has 0 aromatic carbocycles. The number of unbranched alkanes of at least 4 members (excludes halogenated alkanes) is 7. The van der Waals surface area contributed by atoms with E-state index in [0.717, 1.165) is 19.3 Å². The number of quaternary nitrogens is 1. The normalized spacial score (nSPS) is 13.7. The average molecular weight is 317 g/mol. The molecule has 0 heterocycles. The van der Waals surface area contributed by atoms with Gasteiger partial charge in [-0.3, -0.25) is 10.0 Å². The number of carbonyl (C=O) groups is 2. The van der Waals surface area contributed by atoms with Crippen LogP contribution in [-0.2, 0) is 9.59 Å². The Morgan fingerprint density at radius 3 is 1.95 bits per heavy atom. The summed E-state index contributed by atoms with van der Waals surface area (Å²) in [6.07, 6.45) is 9.08. The van der Waals surface area contributed by atoms with Crippen molar-refractivity contribution in [2.24, 2.45) is 0 Å². The molecule has 0 radical (unpaired) electrons. The third-order valence-corrected chi connectivity index (χ3v) is 3.90. The van der Waals surface area contributed by atoms with Crippen molar-refractivity contribution in [2.45, 2.75) is 71.1 Å². The fourth-order valence-electron chi connectivity index (χ4n) is 2.29. The highest BCUT2D eigenvalue weighted by atomic mass is 16.6. The molecule has 0 aliphatic carbocycles. The first-order valence-electron chi connectivity index (χ1n) is 8.38. The van der Waals surface area contributed by atoms with Gasteiger partial charge in [0.15, 0.2) is 0 Å². The number of carbonyl (C=O) groups excluding carboxylic acids is 2. The lowest BCUT2D eigenvalue weighted by molar-refractivity contribution is -1.02. The molecule has 0 aliphatic rings. The molecule has 0 aromatic rings. The van der Waals surface area contributed by atoms with Crippen LogP contribution in [0.2, 0.25) is 0 Å². The van der Waals surface area contributed by atoms with Gasteiger partial charge in [-0.05, 0) is 12.8 Å². The molecule has 0 rings (SSSR count). The molecule has 0 bridgehead atoms. The van der Waals surface area contributed by atoms with Gasteiger partial charge in [0.1, 0.15) is 13.6 Å². The minimum atomic E-state index is -0.682. The summed E-state index contributed by atoms with van der Waals surface area (Å²) in [6, 6.07) is 0. The summed E-state index contributed by atoms with van der Waals surface area (Å²) < 4.78 is -0.682. The Morgan fingerprint density at radius 1 is 0.955 bits per heavy atom. The van der Waals surface area contributed by atoms with Gasteiger partial charge in [0.25, 0.3) is 0 Å². The molecule has 0 aliphatic heterocycles. The first kappa shape index (κ1) is 21.0. The number of amides is 2. The van der Waals surface area contributed by atoms with Crippen molar-refractivity contribution < 1.29 is 24.6 Å². The molecule has 1 atom stereocenters. The minimum Gasteiger partial charge on any atom is -0.286 e. The molecule has 0 spiro atoms. The van der Waals surface area contributed by atoms with E-state index < -0.39 is 16.5 Å². The van der Waals surface area contributed by atoms with E-state index in [1.807, 2.05) is 0 Å². The second-order valence-electron chi connectivity index (χ2n) is 6.15. The van der Waals surface area contributed by atoms with E-state index in [2.05, 4.69) is 6.92 Å². The zero-order chi connectivity index (χ0) is 17.0. The number of hydrogen-bond donors (Lipinski definition) is 2. The van der Waals surface area contributed by atoms with Crippen molar-refractivity contribution in [3.8, 4) is 0 Å². The highest BCUT2D eigenvalue weighted by Crippen LogP contribution is 2.11.